The van der Waals surface area contributed by atoms with Crippen LogP contribution in [0, 0.1) is 0 Å². The highest BCUT2D eigenvalue weighted by Crippen LogP contribution is 2.31. The third kappa shape index (κ3) is 2.34. The number of amides is 1. The number of aromatic nitrogens is 4. The van der Waals surface area contributed by atoms with Crippen molar-refractivity contribution in [2.75, 3.05) is 29.4 Å². The van der Waals surface area contributed by atoms with Gasteiger partial charge in [-0.15, -0.1) is 0 Å². The number of carbonyl (C=O) groups excluding carboxylic acids is 1. The first-order valence-corrected chi connectivity index (χ1v) is 8.59. The number of para-hydroxylation sites is 1. The second-order valence-corrected chi connectivity index (χ2v) is 6.60. The predicted molar refractivity (Wildman–Crippen MR) is 94.6 cm³/mol. The van der Waals surface area contributed by atoms with E-state index in [1.807, 2.05) is 34.0 Å². The van der Waals surface area contributed by atoms with Gasteiger partial charge < -0.3 is 9.80 Å². The molecule has 0 atom stereocenters. The first-order chi connectivity index (χ1) is 12.3. The van der Waals surface area contributed by atoms with Crippen molar-refractivity contribution in [3.63, 3.8) is 0 Å². The minimum atomic E-state index is 0.197. The Hall–Kier alpha value is -2.96. The van der Waals surface area contributed by atoms with Crippen LogP contribution in [0.25, 0.3) is 10.9 Å². The Bertz CT molecular complexity index is 940. The molecule has 25 heavy (non-hydrogen) atoms. The molecule has 2 fully saturated rings. The standard InChI is InChI=1S/C18H18N6O/c25-17-6-3-7-23(17)13-8-21-24(11-13)14-9-22(10-14)18-15-4-1-2-5-16(15)19-12-20-18/h1-2,4-5,8,11-12,14H,3,6-7,9-10H2. The van der Waals surface area contributed by atoms with Gasteiger partial charge in [-0.2, -0.15) is 5.10 Å². The molecule has 7 heteroatoms. The lowest BCUT2D eigenvalue weighted by Crippen LogP contribution is -2.48. The van der Waals surface area contributed by atoms with Gasteiger partial charge in [0.2, 0.25) is 5.91 Å². The number of nitrogens with zero attached hydrogens (tertiary/aromatic N) is 6. The zero-order valence-electron chi connectivity index (χ0n) is 13.7. The van der Waals surface area contributed by atoms with E-state index < -0.39 is 0 Å². The Morgan fingerprint density at radius 1 is 1.12 bits per heavy atom. The van der Waals surface area contributed by atoms with Crippen LogP contribution in [0.4, 0.5) is 11.5 Å². The van der Waals surface area contributed by atoms with Gasteiger partial charge in [-0.3, -0.25) is 9.48 Å². The molecule has 0 saturated carbocycles. The molecule has 2 aliphatic heterocycles. The number of anilines is 2. The van der Waals surface area contributed by atoms with Crippen LogP contribution >= 0.6 is 0 Å². The van der Waals surface area contributed by atoms with Crippen LogP contribution in [-0.4, -0.2) is 45.3 Å². The molecule has 1 amide bonds. The molecule has 4 heterocycles. The lowest BCUT2D eigenvalue weighted by Gasteiger charge is -2.40. The molecule has 1 aromatic carbocycles. The summed E-state index contributed by atoms with van der Waals surface area (Å²) in [5.41, 5.74) is 1.87. The summed E-state index contributed by atoms with van der Waals surface area (Å²) < 4.78 is 1.97. The van der Waals surface area contributed by atoms with Gasteiger partial charge in [-0.05, 0) is 18.6 Å². The smallest absolute Gasteiger partial charge is 0.227 e. The van der Waals surface area contributed by atoms with Gasteiger partial charge in [-0.25, -0.2) is 9.97 Å². The van der Waals surface area contributed by atoms with Crippen LogP contribution in [0.1, 0.15) is 18.9 Å². The number of carbonyl (C=O) groups is 1. The molecule has 0 N–H and O–H groups in total. The Labute approximate surface area is 144 Å². The van der Waals surface area contributed by atoms with Gasteiger partial charge in [0.1, 0.15) is 12.1 Å². The summed E-state index contributed by atoms with van der Waals surface area (Å²) in [6.45, 7) is 2.51. The lowest BCUT2D eigenvalue weighted by atomic mass is 10.1. The molecule has 2 saturated heterocycles. The highest BCUT2D eigenvalue weighted by Gasteiger charge is 2.32. The zero-order chi connectivity index (χ0) is 16.8. The summed E-state index contributed by atoms with van der Waals surface area (Å²) in [6, 6.07) is 8.37. The molecule has 126 valence electrons. The van der Waals surface area contributed by atoms with Gasteiger partial charge >= 0.3 is 0 Å². The van der Waals surface area contributed by atoms with E-state index in [0.29, 0.717) is 12.5 Å². The Kier molecular flexibility index (Phi) is 3.19. The first-order valence-electron chi connectivity index (χ1n) is 8.59. The monoisotopic (exact) mass is 334 g/mol. The average molecular weight is 334 g/mol. The summed E-state index contributed by atoms with van der Waals surface area (Å²) in [5, 5.41) is 5.55. The van der Waals surface area contributed by atoms with Crippen molar-refractivity contribution < 1.29 is 4.79 Å². The van der Waals surface area contributed by atoms with Crippen LogP contribution < -0.4 is 9.80 Å². The van der Waals surface area contributed by atoms with E-state index in [-0.39, 0.29) is 5.91 Å². The topological polar surface area (TPSA) is 67.2 Å². The minimum absolute atomic E-state index is 0.197. The Balaban J connectivity index is 1.33. The fourth-order valence-corrected chi connectivity index (χ4v) is 3.63. The first kappa shape index (κ1) is 14.4. The third-order valence-electron chi connectivity index (χ3n) is 5.03. The summed E-state index contributed by atoms with van der Waals surface area (Å²) in [4.78, 5) is 24.7. The number of hydrogen-bond acceptors (Lipinski definition) is 5. The van der Waals surface area contributed by atoms with Crippen LogP contribution in [0.3, 0.4) is 0 Å². The van der Waals surface area contributed by atoms with Crippen molar-refractivity contribution in [3.8, 4) is 0 Å². The zero-order valence-corrected chi connectivity index (χ0v) is 13.7. The predicted octanol–water partition coefficient (Wildman–Crippen LogP) is 2.01. The fourth-order valence-electron chi connectivity index (χ4n) is 3.63. The van der Waals surface area contributed by atoms with Crippen LogP contribution in [0.2, 0.25) is 0 Å². The maximum Gasteiger partial charge on any atom is 0.227 e. The van der Waals surface area contributed by atoms with Crippen LogP contribution in [0.5, 0.6) is 0 Å². The molecular weight excluding hydrogens is 316 g/mol. The summed E-state index contributed by atoms with van der Waals surface area (Å²) in [7, 11) is 0. The number of rotatable bonds is 3. The van der Waals surface area contributed by atoms with E-state index in [2.05, 4.69) is 26.0 Å². The molecule has 5 rings (SSSR count). The van der Waals surface area contributed by atoms with E-state index in [4.69, 9.17) is 0 Å². The molecule has 2 aliphatic rings. The molecule has 0 radical (unpaired) electrons. The van der Waals surface area contributed by atoms with Gasteiger partial charge in [0.25, 0.3) is 0 Å². The van der Waals surface area contributed by atoms with Crippen molar-refractivity contribution in [3.05, 3.63) is 43.0 Å². The van der Waals surface area contributed by atoms with Crippen molar-refractivity contribution in [1.29, 1.82) is 0 Å². The van der Waals surface area contributed by atoms with Gasteiger partial charge in [0.15, 0.2) is 0 Å². The Morgan fingerprint density at radius 2 is 2.00 bits per heavy atom. The Morgan fingerprint density at radius 3 is 2.84 bits per heavy atom. The number of fused-ring (bicyclic) bond motifs is 1. The van der Waals surface area contributed by atoms with Gasteiger partial charge in [0, 0.05) is 37.6 Å². The largest absolute Gasteiger partial charge is 0.352 e. The highest BCUT2D eigenvalue weighted by atomic mass is 16.2. The summed E-state index contributed by atoms with van der Waals surface area (Å²) in [6.07, 6.45) is 6.98. The molecule has 0 spiro atoms. The normalized spacial score (nSPS) is 18.2. The minimum Gasteiger partial charge on any atom is -0.352 e. The van der Waals surface area contributed by atoms with Crippen LogP contribution in [-0.2, 0) is 4.79 Å². The third-order valence-corrected chi connectivity index (χ3v) is 5.03. The molecule has 7 nitrogen and oxygen atoms in total. The molecule has 3 aromatic rings. The van der Waals surface area contributed by atoms with E-state index in [1.165, 1.54) is 0 Å². The summed E-state index contributed by atoms with van der Waals surface area (Å²) in [5.74, 6) is 1.17. The van der Waals surface area contributed by atoms with Crippen molar-refractivity contribution in [2.24, 2.45) is 0 Å². The van der Waals surface area contributed by atoms with Crippen LogP contribution in [0.15, 0.2) is 43.0 Å². The average Bonchev–Trinajstić information content (AvgIpc) is 3.23. The van der Waals surface area contributed by atoms with Crippen molar-refractivity contribution in [2.45, 2.75) is 18.9 Å². The van der Waals surface area contributed by atoms with E-state index >= 15 is 0 Å². The molecule has 0 unspecified atom stereocenters. The van der Waals surface area contributed by atoms with Crippen molar-refractivity contribution >= 4 is 28.3 Å². The quantitative estimate of drug-likeness (QED) is 0.733. The highest BCUT2D eigenvalue weighted by molar-refractivity contribution is 5.95. The second-order valence-electron chi connectivity index (χ2n) is 6.60. The maximum absolute atomic E-state index is 11.9. The number of hydrogen-bond donors (Lipinski definition) is 0. The van der Waals surface area contributed by atoms with Gasteiger partial charge in [-0.1, -0.05) is 12.1 Å². The van der Waals surface area contributed by atoms with Crippen molar-refractivity contribution in [1.82, 2.24) is 19.7 Å². The fraction of sp³-hybridized carbons (Fsp3) is 0.333. The SMILES string of the molecule is O=C1CCCN1c1cnn(C2CN(c3ncnc4ccccc34)C2)c1. The molecular formula is C18H18N6O. The number of benzene rings is 1. The second kappa shape index (κ2) is 5.54. The van der Waals surface area contributed by atoms with E-state index in [1.54, 1.807) is 12.5 Å². The molecule has 2 aromatic heterocycles. The molecule has 0 bridgehead atoms. The molecule has 0 aliphatic carbocycles. The maximum atomic E-state index is 11.9. The van der Waals surface area contributed by atoms with E-state index in [0.717, 1.165) is 48.5 Å². The lowest BCUT2D eigenvalue weighted by molar-refractivity contribution is -0.117. The van der Waals surface area contributed by atoms with Gasteiger partial charge in [0.05, 0.1) is 23.4 Å². The summed E-state index contributed by atoms with van der Waals surface area (Å²) >= 11 is 0. The van der Waals surface area contributed by atoms with E-state index in [9.17, 15) is 4.79 Å².